The average molecular weight is 227 g/mol. The number of nitrogens with zero attached hydrogens (tertiary/aromatic N) is 1. The Balaban J connectivity index is 2.88. The third-order valence-electron chi connectivity index (χ3n) is 3.02. The predicted molar refractivity (Wildman–Crippen MR) is 62.2 cm³/mol. The van der Waals surface area contributed by atoms with Gasteiger partial charge in [-0.1, -0.05) is 32.9 Å². The summed E-state index contributed by atoms with van der Waals surface area (Å²) in [4.78, 5) is 17.1. The van der Waals surface area contributed by atoms with Gasteiger partial charge >= 0.3 is 5.97 Å². The molecule has 0 aromatic heterocycles. The smallest absolute Gasteiger partial charge is 0.353 e. The van der Waals surface area contributed by atoms with Crippen LogP contribution in [0.5, 0.6) is 0 Å². The second-order valence-electron chi connectivity index (χ2n) is 5.37. The van der Waals surface area contributed by atoms with Gasteiger partial charge in [0.25, 0.3) is 0 Å². The van der Waals surface area contributed by atoms with Crippen LogP contribution in [0, 0.1) is 11.3 Å². The normalized spacial score (nSPS) is 29.6. The van der Waals surface area contributed by atoms with Crippen LogP contribution in [-0.4, -0.2) is 23.9 Å². The lowest BCUT2D eigenvalue weighted by atomic mass is 9.76. The van der Waals surface area contributed by atoms with Crippen LogP contribution in [-0.2, 0) is 14.4 Å². The van der Waals surface area contributed by atoms with E-state index in [-0.39, 0.29) is 17.3 Å². The van der Waals surface area contributed by atoms with Gasteiger partial charge in [0.1, 0.15) is 0 Å². The molecule has 0 spiro atoms. The van der Waals surface area contributed by atoms with E-state index < -0.39 is 5.60 Å². The Labute approximate surface area is 97.0 Å². The Morgan fingerprint density at radius 3 is 2.50 bits per heavy atom. The molecule has 0 saturated heterocycles. The maximum Gasteiger partial charge on any atom is 0.353 e. The van der Waals surface area contributed by atoms with Crippen molar-refractivity contribution in [1.29, 1.82) is 0 Å². The third-order valence-corrected chi connectivity index (χ3v) is 3.02. The first-order valence-corrected chi connectivity index (χ1v) is 5.67. The zero-order valence-corrected chi connectivity index (χ0v) is 11.0. The predicted octanol–water partition coefficient (Wildman–Crippen LogP) is 2.38. The van der Waals surface area contributed by atoms with E-state index >= 15 is 0 Å². The van der Waals surface area contributed by atoms with Crippen molar-refractivity contribution < 1.29 is 14.4 Å². The monoisotopic (exact) mass is 227 g/mol. The number of rotatable bonds is 2. The van der Waals surface area contributed by atoms with Crippen LogP contribution < -0.4 is 0 Å². The van der Waals surface area contributed by atoms with Crippen molar-refractivity contribution in [3.8, 4) is 0 Å². The molecule has 0 aromatic rings. The van der Waals surface area contributed by atoms with E-state index in [0.717, 1.165) is 5.71 Å². The average Bonchev–Trinajstić information content (AvgIpc) is 2.44. The molecule has 0 aliphatic carbocycles. The van der Waals surface area contributed by atoms with Gasteiger partial charge in [-0.25, -0.2) is 4.79 Å². The number of hydrogen-bond acceptors (Lipinski definition) is 4. The van der Waals surface area contributed by atoms with Crippen LogP contribution in [0.1, 0.15) is 41.5 Å². The molecular formula is C12H21NO3. The SMILES string of the molecule is CCOC(=O)C1(C)ON=C(C(C)(C)C)C1C. The van der Waals surface area contributed by atoms with Gasteiger partial charge in [0, 0.05) is 5.41 Å². The summed E-state index contributed by atoms with van der Waals surface area (Å²) in [6, 6.07) is 0. The zero-order chi connectivity index (χ0) is 12.6. The fourth-order valence-electron chi connectivity index (χ4n) is 1.84. The van der Waals surface area contributed by atoms with E-state index in [4.69, 9.17) is 9.57 Å². The van der Waals surface area contributed by atoms with Gasteiger partial charge in [-0.15, -0.1) is 0 Å². The quantitative estimate of drug-likeness (QED) is 0.680. The molecule has 1 aliphatic heterocycles. The summed E-state index contributed by atoms with van der Waals surface area (Å²) in [6.07, 6.45) is 0. The van der Waals surface area contributed by atoms with Gasteiger partial charge in [0.15, 0.2) is 0 Å². The number of hydrogen-bond donors (Lipinski definition) is 0. The lowest BCUT2D eigenvalue weighted by molar-refractivity contribution is -0.170. The highest BCUT2D eigenvalue weighted by atomic mass is 16.7. The van der Waals surface area contributed by atoms with Gasteiger partial charge in [0.2, 0.25) is 5.60 Å². The van der Waals surface area contributed by atoms with Gasteiger partial charge in [-0.2, -0.15) is 0 Å². The molecule has 2 atom stereocenters. The number of carbonyl (C=O) groups excluding carboxylic acids is 1. The molecule has 0 radical (unpaired) electrons. The topological polar surface area (TPSA) is 47.9 Å². The molecule has 4 heteroatoms. The fraction of sp³-hybridized carbons (Fsp3) is 0.833. The Hall–Kier alpha value is -1.06. The Kier molecular flexibility index (Phi) is 3.31. The minimum Gasteiger partial charge on any atom is -0.463 e. The van der Waals surface area contributed by atoms with Gasteiger partial charge in [0.05, 0.1) is 18.2 Å². The van der Waals surface area contributed by atoms with Crippen molar-refractivity contribution in [3.05, 3.63) is 0 Å². The molecule has 1 rings (SSSR count). The third kappa shape index (κ3) is 2.06. The van der Waals surface area contributed by atoms with Crippen LogP contribution in [0.3, 0.4) is 0 Å². The Morgan fingerprint density at radius 2 is 2.12 bits per heavy atom. The molecule has 16 heavy (non-hydrogen) atoms. The molecular weight excluding hydrogens is 206 g/mol. The van der Waals surface area contributed by atoms with E-state index in [1.165, 1.54) is 0 Å². The summed E-state index contributed by atoms with van der Waals surface area (Å²) in [7, 11) is 0. The summed E-state index contributed by atoms with van der Waals surface area (Å²) in [6.45, 7) is 12.0. The van der Waals surface area contributed by atoms with E-state index in [1.807, 2.05) is 6.92 Å². The number of ether oxygens (including phenoxy) is 1. The molecule has 1 heterocycles. The number of carbonyl (C=O) groups is 1. The molecule has 4 nitrogen and oxygen atoms in total. The Morgan fingerprint density at radius 1 is 1.56 bits per heavy atom. The number of esters is 1. The number of oxime groups is 1. The minimum absolute atomic E-state index is 0.0634. The standard InChI is InChI=1S/C12H21NO3/c1-7-15-10(14)12(6)8(2)9(13-16-12)11(3,4)5/h8H,7H2,1-6H3. The van der Waals surface area contributed by atoms with Crippen molar-refractivity contribution in [1.82, 2.24) is 0 Å². The molecule has 1 aliphatic rings. The van der Waals surface area contributed by atoms with Crippen LogP contribution in [0.25, 0.3) is 0 Å². The van der Waals surface area contributed by atoms with Gasteiger partial charge in [-0.3, -0.25) is 0 Å². The van der Waals surface area contributed by atoms with Gasteiger partial charge in [-0.05, 0) is 13.8 Å². The molecule has 0 saturated carbocycles. The van der Waals surface area contributed by atoms with E-state index in [2.05, 4.69) is 25.9 Å². The molecule has 2 unspecified atom stereocenters. The summed E-state index contributed by atoms with van der Waals surface area (Å²) in [5.74, 6) is -0.406. The second-order valence-corrected chi connectivity index (χ2v) is 5.37. The van der Waals surface area contributed by atoms with Gasteiger partial charge < -0.3 is 9.57 Å². The first-order valence-electron chi connectivity index (χ1n) is 5.67. The van der Waals surface area contributed by atoms with Crippen molar-refractivity contribution in [2.45, 2.75) is 47.1 Å². The lowest BCUT2D eigenvalue weighted by Crippen LogP contribution is -2.45. The molecule has 0 amide bonds. The molecule has 0 N–H and O–H groups in total. The van der Waals surface area contributed by atoms with E-state index in [0.29, 0.717) is 6.61 Å². The van der Waals surface area contributed by atoms with Crippen molar-refractivity contribution >= 4 is 11.7 Å². The van der Waals surface area contributed by atoms with Crippen LogP contribution in [0.4, 0.5) is 0 Å². The van der Waals surface area contributed by atoms with Crippen molar-refractivity contribution in [2.75, 3.05) is 6.61 Å². The lowest BCUT2D eigenvalue weighted by Gasteiger charge is -2.27. The zero-order valence-electron chi connectivity index (χ0n) is 11.0. The Bertz CT molecular complexity index is 317. The van der Waals surface area contributed by atoms with Crippen LogP contribution >= 0.6 is 0 Å². The highest BCUT2D eigenvalue weighted by Gasteiger charge is 2.52. The molecule has 0 bridgehead atoms. The summed E-state index contributed by atoms with van der Waals surface area (Å²) < 4.78 is 5.02. The second kappa shape index (κ2) is 4.07. The van der Waals surface area contributed by atoms with E-state index in [1.54, 1.807) is 13.8 Å². The summed E-state index contributed by atoms with van der Waals surface area (Å²) in [5, 5.41) is 4.06. The highest BCUT2D eigenvalue weighted by molar-refractivity contribution is 5.98. The maximum atomic E-state index is 11.8. The summed E-state index contributed by atoms with van der Waals surface area (Å²) >= 11 is 0. The van der Waals surface area contributed by atoms with Crippen LogP contribution in [0.2, 0.25) is 0 Å². The van der Waals surface area contributed by atoms with Crippen molar-refractivity contribution in [3.63, 3.8) is 0 Å². The molecule has 92 valence electrons. The summed E-state index contributed by atoms with van der Waals surface area (Å²) in [5.41, 5.74) is -0.162. The highest BCUT2D eigenvalue weighted by Crippen LogP contribution is 2.37. The maximum absolute atomic E-state index is 11.8. The first kappa shape index (κ1) is 13.0. The van der Waals surface area contributed by atoms with Crippen LogP contribution in [0.15, 0.2) is 5.16 Å². The largest absolute Gasteiger partial charge is 0.463 e. The minimum atomic E-state index is -0.974. The van der Waals surface area contributed by atoms with E-state index in [9.17, 15) is 4.79 Å². The fourth-order valence-corrected chi connectivity index (χ4v) is 1.84. The molecule has 0 fully saturated rings. The van der Waals surface area contributed by atoms with Crippen molar-refractivity contribution in [2.24, 2.45) is 16.5 Å². The first-order chi connectivity index (χ1) is 7.23. The molecule has 0 aromatic carbocycles.